The zero-order valence-electron chi connectivity index (χ0n) is 9.43. The lowest BCUT2D eigenvalue weighted by atomic mass is 10.1. The molecule has 0 saturated carbocycles. The average Bonchev–Trinajstić information content (AvgIpc) is 2.85. The molecule has 0 fully saturated rings. The molecule has 0 saturated heterocycles. The quantitative estimate of drug-likeness (QED) is 0.617. The number of aromatic nitrogens is 1. The molecule has 1 N–H and O–H groups in total. The number of hydrogen-bond donors (Lipinski definition) is 1. The number of fused-ring (bicyclic) bond motifs is 1. The summed E-state index contributed by atoms with van der Waals surface area (Å²) in [4.78, 5) is 3.22. The van der Waals surface area contributed by atoms with Crippen LogP contribution in [-0.2, 0) is 0 Å². The molecule has 1 nitrogen and oxygen atoms in total. The van der Waals surface area contributed by atoms with Gasteiger partial charge in [-0.15, -0.1) is 0 Å². The van der Waals surface area contributed by atoms with E-state index < -0.39 is 0 Å². The summed E-state index contributed by atoms with van der Waals surface area (Å²) >= 11 is 0. The lowest BCUT2D eigenvalue weighted by molar-refractivity contribution is 1.47. The third-order valence-corrected chi connectivity index (χ3v) is 2.85. The first-order valence-electron chi connectivity index (χ1n) is 5.72. The van der Waals surface area contributed by atoms with Crippen LogP contribution in [0.15, 0.2) is 60.8 Å². The lowest BCUT2D eigenvalue weighted by Gasteiger charge is -1.95. The maximum atomic E-state index is 3.22. The smallest absolute Gasteiger partial charge is 0.0459 e. The maximum absolute atomic E-state index is 3.22. The lowest BCUT2D eigenvalue weighted by Crippen LogP contribution is -1.73. The van der Waals surface area contributed by atoms with Crippen LogP contribution in [0.25, 0.3) is 23.1 Å². The Morgan fingerprint density at radius 2 is 1.59 bits per heavy atom. The topological polar surface area (TPSA) is 15.8 Å². The Bertz CT molecular complexity index is 647. The molecular formula is C16H13N. The van der Waals surface area contributed by atoms with Gasteiger partial charge in [0.1, 0.15) is 0 Å². The van der Waals surface area contributed by atoms with Gasteiger partial charge in [0.05, 0.1) is 0 Å². The van der Waals surface area contributed by atoms with Gasteiger partial charge in [-0.1, -0.05) is 54.6 Å². The monoisotopic (exact) mass is 219 g/mol. The van der Waals surface area contributed by atoms with E-state index in [1.807, 2.05) is 24.4 Å². The molecule has 17 heavy (non-hydrogen) atoms. The van der Waals surface area contributed by atoms with Gasteiger partial charge in [0.25, 0.3) is 0 Å². The Hall–Kier alpha value is -2.28. The predicted molar refractivity (Wildman–Crippen MR) is 73.7 cm³/mol. The molecule has 0 unspecified atom stereocenters. The number of rotatable bonds is 2. The fraction of sp³-hybridized carbons (Fsp3) is 0. The highest BCUT2D eigenvalue weighted by Crippen LogP contribution is 2.16. The maximum Gasteiger partial charge on any atom is 0.0459 e. The van der Waals surface area contributed by atoms with Crippen LogP contribution < -0.4 is 0 Å². The molecule has 0 radical (unpaired) electrons. The fourth-order valence-electron chi connectivity index (χ4n) is 1.93. The van der Waals surface area contributed by atoms with E-state index in [2.05, 4.69) is 53.5 Å². The van der Waals surface area contributed by atoms with Gasteiger partial charge >= 0.3 is 0 Å². The minimum Gasteiger partial charge on any atom is -0.361 e. The van der Waals surface area contributed by atoms with Gasteiger partial charge in [-0.05, 0) is 28.6 Å². The molecule has 3 rings (SSSR count). The van der Waals surface area contributed by atoms with E-state index in [1.54, 1.807) is 0 Å². The first kappa shape index (κ1) is 9.91. The Morgan fingerprint density at radius 1 is 0.765 bits per heavy atom. The Morgan fingerprint density at radius 3 is 2.47 bits per heavy atom. The minimum absolute atomic E-state index is 1.18. The Labute approximate surface area is 100 Å². The summed E-state index contributed by atoms with van der Waals surface area (Å²) in [5, 5.41) is 1.25. The van der Waals surface area contributed by atoms with Crippen molar-refractivity contribution in [2.24, 2.45) is 0 Å². The van der Waals surface area contributed by atoms with Crippen LogP contribution in [0.2, 0.25) is 0 Å². The predicted octanol–water partition coefficient (Wildman–Crippen LogP) is 4.34. The molecular weight excluding hydrogens is 206 g/mol. The fourth-order valence-corrected chi connectivity index (χ4v) is 1.93. The van der Waals surface area contributed by atoms with Crippen molar-refractivity contribution in [2.45, 2.75) is 0 Å². The highest BCUT2D eigenvalue weighted by Gasteiger charge is 1.94. The summed E-state index contributed by atoms with van der Waals surface area (Å²) < 4.78 is 0. The van der Waals surface area contributed by atoms with Crippen molar-refractivity contribution in [3.05, 3.63) is 71.9 Å². The zero-order chi connectivity index (χ0) is 11.5. The average molecular weight is 219 g/mol. The second-order valence-corrected chi connectivity index (χ2v) is 4.07. The Kier molecular flexibility index (Phi) is 2.51. The van der Waals surface area contributed by atoms with Gasteiger partial charge in [0.2, 0.25) is 0 Å². The number of hydrogen-bond acceptors (Lipinski definition) is 0. The highest BCUT2D eigenvalue weighted by atomic mass is 14.7. The molecule has 1 aromatic heterocycles. The molecule has 0 aliphatic carbocycles. The molecule has 0 aliphatic rings. The molecule has 0 aliphatic heterocycles. The third kappa shape index (κ3) is 2.13. The third-order valence-electron chi connectivity index (χ3n) is 2.85. The van der Waals surface area contributed by atoms with Gasteiger partial charge in [0.15, 0.2) is 0 Å². The molecule has 1 heterocycles. The van der Waals surface area contributed by atoms with Crippen LogP contribution in [0.1, 0.15) is 11.1 Å². The molecule has 82 valence electrons. The molecule has 1 heteroatoms. The van der Waals surface area contributed by atoms with Crippen LogP contribution >= 0.6 is 0 Å². The van der Waals surface area contributed by atoms with Crippen LogP contribution in [0.5, 0.6) is 0 Å². The number of H-pyrrole nitrogens is 1. The second kappa shape index (κ2) is 4.30. The van der Waals surface area contributed by atoms with Crippen molar-refractivity contribution in [2.75, 3.05) is 0 Å². The SMILES string of the molecule is C(=Cc1ccc2cc[nH]c2c1)c1ccccc1. The molecule has 0 bridgehead atoms. The van der Waals surface area contributed by atoms with Crippen LogP contribution in [0, 0.1) is 0 Å². The van der Waals surface area contributed by atoms with E-state index in [0.29, 0.717) is 0 Å². The number of nitrogens with one attached hydrogen (secondary N) is 1. The van der Waals surface area contributed by atoms with Gasteiger partial charge in [-0.3, -0.25) is 0 Å². The summed E-state index contributed by atoms with van der Waals surface area (Å²) in [7, 11) is 0. The number of aromatic amines is 1. The number of benzene rings is 2. The van der Waals surface area contributed by atoms with Crippen LogP contribution in [-0.4, -0.2) is 4.98 Å². The standard InChI is InChI=1S/C16H13N/c1-2-4-13(5-3-1)6-7-14-8-9-15-10-11-17-16(15)12-14/h1-12,17H. The molecule has 0 spiro atoms. The first-order chi connectivity index (χ1) is 8.42. The van der Waals surface area contributed by atoms with E-state index in [4.69, 9.17) is 0 Å². The van der Waals surface area contributed by atoms with E-state index in [0.717, 1.165) is 0 Å². The van der Waals surface area contributed by atoms with Crippen LogP contribution in [0.3, 0.4) is 0 Å². The zero-order valence-corrected chi connectivity index (χ0v) is 9.43. The summed E-state index contributed by atoms with van der Waals surface area (Å²) in [6.07, 6.45) is 6.23. The Balaban J connectivity index is 1.92. The van der Waals surface area contributed by atoms with Crippen molar-refractivity contribution in [3.63, 3.8) is 0 Å². The van der Waals surface area contributed by atoms with Crippen molar-refractivity contribution in [1.82, 2.24) is 4.98 Å². The summed E-state index contributed by atoms with van der Waals surface area (Å²) in [5.74, 6) is 0. The summed E-state index contributed by atoms with van der Waals surface area (Å²) in [6.45, 7) is 0. The van der Waals surface area contributed by atoms with Crippen molar-refractivity contribution in [3.8, 4) is 0 Å². The van der Waals surface area contributed by atoms with Gasteiger partial charge in [0, 0.05) is 11.7 Å². The van der Waals surface area contributed by atoms with Gasteiger partial charge in [-0.2, -0.15) is 0 Å². The van der Waals surface area contributed by atoms with E-state index in [-0.39, 0.29) is 0 Å². The summed E-state index contributed by atoms with van der Waals surface area (Å²) in [6, 6.07) is 18.8. The molecule has 3 aromatic rings. The van der Waals surface area contributed by atoms with E-state index in [9.17, 15) is 0 Å². The van der Waals surface area contributed by atoms with Crippen molar-refractivity contribution < 1.29 is 0 Å². The van der Waals surface area contributed by atoms with Crippen molar-refractivity contribution in [1.29, 1.82) is 0 Å². The molecule has 0 amide bonds. The largest absolute Gasteiger partial charge is 0.361 e. The van der Waals surface area contributed by atoms with Crippen molar-refractivity contribution >= 4 is 23.1 Å². The normalized spacial score (nSPS) is 11.3. The molecule has 2 aromatic carbocycles. The second-order valence-electron chi connectivity index (χ2n) is 4.07. The molecule has 0 atom stereocenters. The summed E-state index contributed by atoms with van der Waals surface area (Å²) in [5.41, 5.74) is 3.61. The van der Waals surface area contributed by atoms with Crippen LogP contribution in [0.4, 0.5) is 0 Å². The minimum atomic E-state index is 1.18. The van der Waals surface area contributed by atoms with E-state index >= 15 is 0 Å². The highest BCUT2D eigenvalue weighted by molar-refractivity contribution is 5.83. The first-order valence-corrected chi connectivity index (χ1v) is 5.72. The van der Waals surface area contributed by atoms with E-state index in [1.165, 1.54) is 22.0 Å². The van der Waals surface area contributed by atoms with Gasteiger partial charge < -0.3 is 4.98 Å². The van der Waals surface area contributed by atoms with Gasteiger partial charge in [-0.25, -0.2) is 0 Å².